The van der Waals surface area contributed by atoms with E-state index in [0.717, 1.165) is 30.3 Å². The van der Waals surface area contributed by atoms with Crippen molar-refractivity contribution in [2.24, 2.45) is 5.92 Å². The Kier molecular flexibility index (Phi) is 4.99. The summed E-state index contributed by atoms with van der Waals surface area (Å²) < 4.78 is 5.74. The highest BCUT2D eigenvalue weighted by atomic mass is 16.5. The smallest absolute Gasteiger partial charge is 0.408 e. The van der Waals surface area contributed by atoms with Crippen LogP contribution in [0.5, 0.6) is 5.75 Å². The molecule has 1 unspecified atom stereocenters. The van der Waals surface area contributed by atoms with E-state index >= 15 is 0 Å². The molecular formula is C18H27NO3. The molecule has 0 radical (unpaired) electrons. The van der Waals surface area contributed by atoms with Crippen LogP contribution in [0.2, 0.25) is 0 Å². The van der Waals surface area contributed by atoms with Gasteiger partial charge in [0.25, 0.3) is 0 Å². The number of amides is 1. The minimum atomic E-state index is -0.881. The summed E-state index contributed by atoms with van der Waals surface area (Å²) in [6, 6.07) is 7.72. The fraction of sp³-hybridized carbons (Fsp3) is 0.611. The Morgan fingerprint density at radius 3 is 2.32 bits per heavy atom. The van der Waals surface area contributed by atoms with Gasteiger partial charge in [0.15, 0.2) is 0 Å². The zero-order valence-electron chi connectivity index (χ0n) is 14.0. The topological polar surface area (TPSA) is 49.8 Å². The molecule has 4 nitrogen and oxygen atoms in total. The van der Waals surface area contributed by atoms with E-state index in [4.69, 9.17) is 4.74 Å². The first-order chi connectivity index (χ1) is 10.3. The standard InChI is InChI=1S/C18H27NO3/c1-5-16(19(17(20)21)18(2,3)4)14-8-10-15(11-9-14)22-12-13-6-7-13/h8-11,13,16H,5-7,12H2,1-4H3,(H,20,21). The van der Waals surface area contributed by atoms with Gasteiger partial charge in [0.2, 0.25) is 0 Å². The molecule has 4 heteroatoms. The average Bonchev–Trinajstić information content (AvgIpc) is 3.25. The van der Waals surface area contributed by atoms with Gasteiger partial charge in [0.05, 0.1) is 12.6 Å². The van der Waals surface area contributed by atoms with Crippen molar-refractivity contribution in [2.75, 3.05) is 6.61 Å². The molecule has 0 spiro atoms. The lowest BCUT2D eigenvalue weighted by Gasteiger charge is -2.39. The van der Waals surface area contributed by atoms with Crippen molar-refractivity contribution >= 4 is 6.09 Å². The summed E-state index contributed by atoms with van der Waals surface area (Å²) in [4.78, 5) is 13.2. The van der Waals surface area contributed by atoms with E-state index < -0.39 is 11.6 Å². The quantitative estimate of drug-likeness (QED) is 0.828. The molecule has 1 saturated carbocycles. The Labute approximate surface area is 133 Å². The van der Waals surface area contributed by atoms with Gasteiger partial charge < -0.3 is 9.84 Å². The molecule has 1 aliphatic carbocycles. The van der Waals surface area contributed by atoms with Gasteiger partial charge in [-0.05, 0) is 63.6 Å². The molecule has 1 aromatic rings. The maximum atomic E-state index is 11.7. The van der Waals surface area contributed by atoms with E-state index in [9.17, 15) is 9.90 Å². The summed E-state index contributed by atoms with van der Waals surface area (Å²) in [6.07, 6.45) is 2.41. The van der Waals surface area contributed by atoms with Gasteiger partial charge in [-0.25, -0.2) is 4.79 Å². The van der Waals surface area contributed by atoms with Crippen LogP contribution in [0.1, 0.15) is 58.6 Å². The molecule has 122 valence electrons. The summed E-state index contributed by atoms with van der Waals surface area (Å²) in [7, 11) is 0. The Hall–Kier alpha value is -1.71. The lowest BCUT2D eigenvalue weighted by molar-refractivity contribution is 0.0682. The number of nitrogens with zero attached hydrogens (tertiary/aromatic N) is 1. The van der Waals surface area contributed by atoms with E-state index in [1.54, 1.807) is 0 Å². The molecule has 0 saturated heterocycles. The third-order valence-corrected chi connectivity index (χ3v) is 4.07. The van der Waals surface area contributed by atoms with Gasteiger partial charge in [-0.2, -0.15) is 0 Å². The Morgan fingerprint density at radius 1 is 1.32 bits per heavy atom. The number of hydrogen-bond acceptors (Lipinski definition) is 2. The summed E-state index contributed by atoms with van der Waals surface area (Å²) in [6.45, 7) is 8.59. The highest BCUT2D eigenvalue weighted by molar-refractivity contribution is 5.67. The molecule has 1 amide bonds. The third kappa shape index (κ3) is 4.15. The molecular weight excluding hydrogens is 278 g/mol. The van der Waals surface area contributed by atoms with Crippen LogP contribution < -0.4 is 4.74 Å². The van der Waals surface area contributed by atoms with Crippen LogP contribution in [-0.4, -0.2) is 28.2 Å². The zero-order chi connectivity index (χ0) is 16.3. The Bertz CT molecular complexity index is 500. The van der Waals surface area contributed by atoms with Crippen molar-refractivity contribution in [3.63, 3.8) is 0 Å². The predicted octanol–water partition coefficient (Wildman–Crippen LogP) is 4.71. The van der Waals surface area contributed by atoms with Crippen molar-refractivity contribution < 1.29 is 14.6 Å². The second kappa shape index (κ2) is 6.59. The summed E-state index contributed by atoms with van der Waals surface area (Å²) in [5.74, 6) is 1.59. The predicted molar refractivity (Wildman–Crippen MR) is 87.3 cm³/mol. The van der Waals surface area contributed by atoms with Gasteiger partial charge in [-0.15, -0.1) is 0 Å². The van der Waals surface area contributed by atoms with E-state index in [1.165, 1.54) is 17.7 Å². The molecule has 0 aromatic heterocycles. The first-order valence-corrected chi connectivity index (χ1v) is 8.08. The number of rotatable bonds is 6. The number of ether oxygens (including phenoxy) is 1. The molecule has 1 aromatic carbocycles. The molecule has 1 fully saturated rings. The third-order valence-electron chi connectivity index (χ3n) is 4.07. The monoisotopic (exact) mass is 305 g/mol. The van der Waals surface area contributed by atoms with Crippen LogP contribution in [0.3, 0.4) is 0 Å². The van der Waals surface area contributed by atoms with Crippen LogP contribution in [-0.2, 0) is 0 Å². The second-order valence-electron chi connectivity index (χ2n) is 7.07. The lowest BCUT2D eigenvalue weighted by atomic mass is 9.96. The highest BCUT2D eigenvalue weighted by Crippen LogP contribution is 2.33. The lowest BCUT2D eigenvalue weighted by Crippen LogP contribution is -2.47. The average molecular weight is 305 g/mol. The van der Waals surface area contributed by atoms with Crippen molar-refractivity contribution in [3.05, 3.63) is 29.8 Å². The summed E-state index contributed by atoms with van der Waals surface area (Å²) in [5, 5.41) is 9.58. The number of carboxylic acid groups (broad SMARTS) is 1. The SMILES string of the molecule is CCC(c1ccc(OCC2CC2)cc1)N(C(=O)O)C(C)(C)C. The maximum Gasteiger partial charge on any atom is 0.408 e. The van der Waals surface area contributed by atoms with Crippen LogP contribution in [0.4, 0.5) is 4.79 Å². The van der Waals surface area contributed by atoms with Crippen LogP contribution in [0, 0.1) is 5.92 Å². The molecule has 1 N–H and O–H groups in total. The van der Waals surface area contributed by atoms with Gasteiger partial charge >= 0.3 is 6.09 Å². The Balaban J connectivity index is 2.13. The molecule has 0 aliphatic heterocycles. The minimum Gasteiger partial charge on any atom is -0.493 e. The Morgan fingerprint density at radius 2 is 1.91 bits per heavy atom. The molecule has 1 aliphatic rings. The highest BCUT2D eigenvalue weighted by Gasteiger charge is 2.33. The van der Waals surface area contributed by atoms with E-state index in [-0.39, 0.29) is 6.04 Å². The van der Waals surface area contributed by atoms with E-state index in [0.29, 0.717) is 0 Å². The van der Waals surface area contributed by atoms with Crippen molar-refractivity contribution in [3.8, 4) is 5.75 Å². The number of benzene rings is 1. The molecule has 0 bridgehead atoms. The van der Waals surface area contributed by atoms with Crippen LogP contribution in [0.15, 0.2) is 24.3 Å². The summed E-state index contributed by atoms with van der Waals surface area (Å²) >= 11 is 0. The summed E-state index contributed by atoms with van der Waals surface area (Å²) in [5.41, 5.74) is 0.576. The molecule has 1 atom stereocenters. The van der Waals surface area contributed by atoms with Crippen LogP contribution in [0.25, 0.3) is 0 Å². The first-order valence-electron chi connectivity index (χ1n) is 8.08. The molecule has 2 rings (SSSR count). The minimum absolute atomic E-state index is 0.144. The van der Waals surface area contributed by atoms with Gasteiger partial charge in [0.1, 0.15) is 5.75 Å². The van der Waals surface area contributed by atoms with Crippen molar-refractivity contribution in [1.82, 2.24) is 4.90 Å². The van der Waals surface area contributed by atoms with Gasteiger partial charge in [-0.1, -0.05) is 19.1 Å². The number of hydrogen-bond donors (Lipinski definition) is 1. The van der Waals surface area contributed by atoms with Crippen molar-refractivity contribution in [1.29, 1.82) is 0 Å². The first kappa shape index (κ1) is 16.7. The zero-order valence-corrected chi connectivity index (χ0v) is 14.0. The van der Waals surface area contributed by atoms with Crippen molar-refractivity contribution in [2.45, 2.75) is 58.5 Å². The van der Waals surface area contributed by atoms with E-state index in [2.05, 4.69) is 0 Å². The van der Waals surface area contributed by atoms with E-state index in [1.807, 2.05) is 52.0 Å². The van der Waals surface area contributed by atoms with Crippen LogP contribution >= 0.6 is 0 Å². The van der Waals surface area contributed by atoms with Gasteiger partial charge in [0, 0.05) is 5.54 Å². The second-order valence-corrected chi connectivity index (χ2v) is 7.07. The fourth-order valence-electron chi connectivity index (χ4n) is 2.74. The largest absolute Gasteiger partial charge is 0.493 e. The fourth-order valence-corrected chi connectivity index (χ4v) is 2.74. The molecule has 0 heterocycles. The number of carbonyl (C=O) groups is 1. The normalized spacial score (nSPS) is 16.2. The maximum absolute atomic E-state index is 11.7. The van der Waals surface area contributed by atoms with Gasteiger partial charge in [-0.3, -0.25) is 4.90 Å². The molecule has 22 heavy (non-hydrogen) atoms.